The second kappa shape index (κ2) is 4.18. The van der Waals surface area contributed by atoms with Crippen LogP contribution in [-0.2, 0) is 11.2 Å². The number of nitrogens with two attached hydrogens (primary N) is 1. The fraction of sp³-hybridized carbons (Fsp3) is 0.235. The summed E-state index contributed by atoms with van der Waals surface area (Å²) in [5.74, 6) is 0.0142. The molecule has 0 saturated heterocycles. The molecule has 0 bridgehead atoms. The van der Waals surface area contributed by atoms with Crippen LogP contribution in [0.1, 0.15) is 17.5 Å². The predicted molar refractivity (Wildman–Crippen MR) is 80.3 cm³/mol. The van der Waals surface area contributed by atoms with Crippen molar-refractivity contribution in [2.24, 2.45) is 5.73 Å². The Labute approximate surface area is 118 Å². The Hall–Kier alpha value is -2.13. The number of carbonyl (C=O) groups excluding carboxylic acids is 1. The van der Waals surface area contributed by atoms with Crippen LogP contribution < -0.4 is 10.6 Å². The first kappa shape index (κ1) is 11.7. The van der Waals surface area contributed by atoms with E-state index in [0.717, 1.165) is 30.5 Å². The molecule has 2 N–H and O–H groups in total. The Morgan fingerprint density at radius 2 is 2.20 bits per heavy atom. The number of rotatable bonds is 0. The zero-order chi connectivity index (χ0) is 13.7. The van der Waals surface area contributed by atoms with Crippen molar-refractivity contribution in [2.75, 3.05) is 11.4 Å². The van der Waals surface area contributed by atoms with Gasteiger partial charge in [-0.3, -0.25) is 4.79 Å². The number of benzene rings is 1. The zero-order valence-electron chi connectivity index (χ0n) is 11.2. The number of para-hydroxylation sites is 1. The summed E-state index contributed by atoms with van der Waals surface area (Å²) in [6.07, 6.45) is 9.86. The molecular weight excluding hydrogens is 248 g/mol. The molecule has 0 radical (unpaired) electrons. The minimum atomic E-state index is -0.504. The van der Waals surface area contributed by atoms with Gasteiger partial charge in [-0.05, 0) is 35.6 Å². The SMILES string of the molecule is N[C@@H]1C=C2C(=CC1=O)CCN1C=CCc3cccc2c31. The first-order valence-electron chi connectivity index (χ1n) is 7.02. The van der Waals surface area contributed by atoms with Crippen LogP contribution in [0.5, 0.6) is 0 Å². The average Bonchev–Trinajstić information content (AvgIpc) is 2.61. The van der Waals surface area contributed by atoms with Gasteiger partial charge in [-0.1, -0.05) is 30.4 Å². The molecule has 0 saturated carbocycles. The maximum absolute atomic E-state index is 11.8. The number of fused-ring (bicyclic) bond motifs is 2. The van der Waals surface area contributed by atoms with Gasteiger partial charge in [0.05, 0.1) is 11.7 Å². The number of hydrogen-bond acceptors (Lipinski definition) is 3. The Balaban J connectivity index is 1.97. The Morgan fingerprint density at radius 3 is 3.10 bits per heavy atom. The lowest BCUT2D eigenvalue weighted by molar-refractivity contribution is -0.114. The maximum Gasteiger partial charge on any atom is 0.176 e. The molecule has 1 aliphatic carbocycles. The summed E-state index contributed by atoms with van der Waals surface area (Å²) in [6, 6.07) is 5.91. The van der Waals surface area contributed by atoms with Gasteiger partial charge < -0.3 is 10.6 Å². The first-order valence-corrected chi connectivity index (χ1v) is 7.02. The molecule has 20 heavy (non-hydrogen) atoms. The monoisotopic (exact) mass is 264 g/mol. The number of allylic oxidation sites excluding steroid dienone is 2. The second-order valence-corrected chi connectivity index (χ2v) is 5.52. The van der Waals surface area contributed by atoms with Gasteiger partial charge in [-0.25, -0.2) is 0 Å². The molecule has 4 rings (SSSR count). The number of carbonyl (C=O) groups is 1. The van der Waals surface area contributed by atoms with Crippen molar-refractivity contribution in [3.63, 3.8) is 0 Å². The molecule has 0 spiro atoms. The zero-order valence-corrected chi connectivity index (χ0v) is 11.2. The predicted octanol–water partition coefficient (Wildman–Crippen LogP) is 2.19. The summed E-state index contributed by atoms with van der Waals surface area (Å²) < 4.78 is 0. The van der Waals surface area contributed by atoms with Crippen molar-refractivity contribution in [1.82, 2.24) is 0 Å². The van der Waals surface area contributed by atoms with Crippen LogP contribution in [-0.4, -0.2) is 18.4 Å². The van der Waals surface area contributed by atoms with E-state index in [-0.39, 0.29) is 5.78 Å². The van der Waals surface area contributed by atoms with E-state index in [1.807, 2.05) is 6.08 Å². The molecule has 0 fully saturated rings. The minimum Gasteiger partial charge on any atom is -0.347 e. The quantitative estimate of drug-likeness (QED) is 0.781. The van der Waals surface area contributed by atoms with E-state index in [9.17, 15) is 4.79 Å². The number of nitrogens with zero attached hydrogens (tertiary/aromatic N) is 1. The van der Waals surface area contributed by atoms with Gasteiger partial charge in [-0.15, -0.1) is 0 Å². The molecule has 2 heterocycles. The van der Waals surface area contributed by atoms with Crippen LogP contribution in [0, 0.1) is 0 Å². The van der Waals surface area contributed by atoms with Crippen molar-refractivity contribution in [3.05, 3.63) is 59.3 Å². The summed E-state index contributed by atoms with van der Waals surface area (Å²) >= 11 is 0. The van der Waals surface area contributed by atoms with Gasteiger partial charge in [0.2, 0.25) is 0 Å². The third kappa shape index (κ3) is 1.60. The van der Waals surface area contributed by atoms with Crippen LogP contribution in [0.4, 0.5) is 5.69 Å². The van der Waals surface area contributed by atoms with Crippen LogP contribution >= 0.6 is 0 Å². The molecule has 3 aliphatic rings. The highest BCUT2D eigenvalue weighted by Crippen LogP contribution is 2.41. The average molecular weight is 264 g/mol. The summed E-state index contributed by atoms with van der Waals surface area (Å²) in [4.78, 5) is 14.1. The lowest BCUT2D eigenvalue weighted by atomic mass is 9.87. The van der Waals surface area contributed by atoms with E-state index < -0.39 is 6.04 Å². The van der Waals surface area contributed by atoms with Crippen molar-refractivity contribution in [1.29, 1.82) is 0 Å². The van der Waals surface area contributed by atoms with E-state index in [2.05, 4.69) is 35.4 Å². The molecule has 0 unspecified atom stereocenters. The molecule has 1 atom stereocenters. The van der Waals surface area contributed by atoms with E-state index in [4.69, 9.17) is 5.73 Å². The van der Waals surface area contributed by atoms with Gasteiger partial charge in [0.1, 0.15) is 0 Å². The summed E-state index contributed by atoms with van der Waals surface area (Å²) in [6.45, 7) is 0.909. The Bertz CT molecular complexity index is 697. The van der Waals surface area contributed by atoms with E-state index in [0.29, 0.717) is 0 Å². The van der Waals surface area contributed by atoms with Gasteiger partial charge >= 0.3 is 0 Å². The number of hydrogen-bond donors (Lipinski definition) is 1. The highest BCUT2D eigenvalue weighted by Gasteiger charge is 2.28. The van der Waals surface area contributed by atoms with Gasteiger partial charge in [0, 0.05) is 18.3 Å². The molecule has 3 nitrogen and oxygen atoms in total. The fourth-order valence-corrected chi connectivity index (χ4v) is 3.31. The van der Waals surface area contributed by atoms with E-state index in [1.54, 1.807) is 6.08 Å². The third-order valence-electron chi connectivity index (χ3n) is 4.28. The largest absolute Gasteiger partial charge is 0.347 e. The molecule has 3 heteroatoms. The van der Waals surface area contributed by atoms with Gasteiger partial charge in [0.25, 0.3) is 0 Å². The molecule has 1 aromatic rings. The lowest BCUT2D eigenvalue weighted by Gasteiger charge is -2.27. The van der Waals surface area contributed by atoms with Crippen molar-refractivity contribution in [3.8, 4) is 0 Å². The van der Waals surface area contributed by atoms with Crippen molar-refractivity contribution < 1.29 is 4.79 Å². The topological polar surface area (TPSA) is 46.3 Å². The van der Waals surface area contributed by atoms with Crippen LogP contribution in [0.25, 0.3) is 5.57 Å². The molecule has 0 amide bonds. The number of ketones is 1. The highest BCUT2D eigenvalue weighted by molar-refractivity contribution is 6.05. The molecular formula is C17H16N2O. The molecule has 1 aromatic carbocycles. The van der Waals surface area contributed by atoms with Crippen LogP contribution in [0.3, 0.4) is 0 Å². The van der Waals surface area contributed by atoms with Crippen molar-refractivity contribution in [2.45, 2.75) is 18.9 Å². The summed E-state index contributed by atoms with van der Waals surface area (Å²) in [5.41, 5.74) is 12.0. The molecule has 100 valence electrons. The molecule has 0 aromatic heterocycles. The fourth-order valence-electron chi connectivity index (χ4n) is 3.31. The van der Waals surface area contributed by atoms with Crippen molar-refractivity contribution >= 4 is 17.0 Å². The van der Waals surface area contributed by atoms with Gasteiger partial charge in [0.15, 0.2) is 5.78 Å². The highest BCUT2D eigenvalue weighted by atomic mass is 16.1. The first-order chi connectivity index (χ1) is 9.74. The maximum atomic E-state index is 11.8. The minimum absolute atomic E-state index is 0.0142. The smallest absolute Gasteiger partial charge is 0.176 e. The standard InChI is InChI=1S/C17H16N2O/c18-15-10-14-12(9-16(15)20)6-8-19-7-2-4-11-3-1-5-13(14)17(11)19/h1-3,5,7,9-10,15H,4,6,8,18H2/t15-/m1/s1. The summed E-state index contributed by atoms with van der Waals surface area (Å²) in [5, 5.41) is 0. The molecule has 2 aliphatic heterocycles. The normalized spacial score (nSPS) is 23.6. The summed E-state index contributed by atoms with van der Waals surface area (Å²) in [7, 11) is 0. The Kier molecular flexibility index (Phi) is 2.44. The van der Waals surface area contributed by atoms with Crippen LogP contribution in [0.2, 0.25) is 0 Å². The Morgan fingerprint density at radius 1 is 1.30 bits per heavy atom. The second-order valence-electron chi connectivity index (χ2n) is 5.52. The third-order valence-corrected chi connectivity index (χ3v) is 4.28. The van der Waals surface area contributed by atoms with Crippen LogP contribution in [0.15, 0.2) is 48.2 Å². The van der Waals surface area contributed by atoms with Gasteiger partial charge in [-0.2, -0.15) is 0 Å². The lowest BCUT2D eigenvalue weighted by Crippen LogP contribution is -2.29. The number of anilines is 1. The van der Waals surface area contributed by atoms with E-state index >= 15 is 0 Å². The van der Waals surface area contributed by atoms with E-state index in [1.165, 1.54) is 16.8 Å².